The standard InChI is InChI=1S/C24H33N3O4S/c1-4-31-23-13-11-22(12-14-23)27(32(3,29)30)19(2)24(28)25-17-20-9-5-6-10-21(20)18-26-15-7-8-16-26/h5-6,9-14,19H,4,7-8,15-18H2,1-3H3,(H,25,28). The van der Waals surface area contributed by atoms with Gasteiger partial charge in [-0.2, -0.15) is 0 Å². The molecule has 0 radical (unpaired) electrons. The zero-order valence-corrected chi connectivity index (χ0v) is 19.9. The van der Waals surface area contributed by atoms with E-state index in [0.29, 0.717) is 24.6 Å². The maximum Gasteiger partial charge on any atom is 0.243 e. The maximum absolute atomic E-state index is 13.0. The Hall–Kier alpha value is -2.58. The van der Waals surface area contributed by atoms with Gasteiger partial charge in [-0.15, -0.1) is 0 Å². The summed E-state index contributed by atoms with van der Waals surface area (Å²) in [5.74, 6) is 0.303. The number of rotatable bonds is 10. The molecule has 0 spiro atoms. The van der Waals surface area contributed by atoms with Crippen molar-refractivity contribution in [1.82, 2.24) is 10.2 Å². The minimum absolute atomic E-state index is 0.347. The van der Waals surface area contributed by atoms with Crippen LogP contribution in [0.4, 0.5) is 5.69 Å². The molecule has 3 rings (SSSR count). The van der Waals surface area contributed by atoms with Crippen LogP contribution >= 0.6 is 0 Å². The predicted octanol–water partition coefficient (Wildman–Crippen LogP) is 3.15. The first-order chi connectivity index (χ1) is 15.3. The third-order valence-corrected chi connectivity index (χ3v) is 6.90. The van der Waals surface area contributed by atoms with E-state index in [0.717, 1.165) is 35.8 Å². The van der Waals surface area contributed by atoms with Crippen LogP contribution in [0.15, 0.2) is 48.5 Å². The number of ether oxygens (including phenoxy) is 1. The molecule has 1 atom stereocenters. The van der Waals surface area contributed by atoms with Crippen molar-refractivity contribution in [1.29, 1.82) is 0 Å². The van der Waals surface area contributed by atoms with Crippen LogP contribution in [0.3, 0.4) is 0 Å². The van der Waals surface area contributed by atoms with E-state index in [9.17, 15) is 13.2 Å². The third-order valence-electron chi connectivity index (χ3n) is 5.65. The van der Waals surface area contributed by atoms with E-state index in [1.165, 1.54) is 18.4 Å². The van der Waals surface area contributed by atoms with Gasteiger partial charge < -0.3 is 10.1 Å². The summed E-state index contributed by atoms with van der Waals surface area (Å²) in [6.07, 6.45) is 3.56. The fraction of sp³-hybridized carbons (Fsp3) is 0.458. The van der Waals surface area contributed by atoms with E-state index in [1.807, 2.05) is 25.1 Å². The van der Waals surface area contributed by atoms with Gasteiger partial charge in [0.1, 0.15) is 11.8 Å². The normalized spacial score (nSPS) is 15.3. The van der Waals surface area contributed by atoms with Crippen LogP contribution in [-0.4, -0.2) is 51.2 Å². The zero-order chi connectivity index (χ0) is 23.1. The highest BCUT2D eigenvalue weighted by Crippen LogP contribution is 2.24. The smallest absolute Gasteiger partial charge is 0.243 e. The molecule has 0 aromatic heterocycles. The summed E-state index contributed by atoms with van der Waals surface area (Å²) < 4.78 is 31.6. The Kier molecular flexibility index (Phi) is 8.15. The first kappa shape index (κ1) is 24.1. The Bertz CT molecular complexity index is 1000. The summed E-state index contributed by atoms with van der Waals surface area (Å²) >= 11 is 0. The highest BCUT2D eigenvalue weighted by atomic mass is 32.2. The molecular weight excluding hydrogens is 426 g/mol. The minimum atomic E-state index is -3.67. The molecule has 2 aromatic carbocycles. The Morgan fingerprint density at radius 2 is 1.72 bits per heavy atom. The van der Waals surface area contributed by atoms with Gasteiger partial charge in [-0.1, -0.05) is 24.3 Å². The monoisotopic (exact) mass is 459 g/mol. The molecule has 1 N–H and O–H groups in total. The van der Waals surface area contributed by atoms with E-state index in [2.05, 4.69) is 16.3 Å². The van der Waals surface area contributed by atoms with Gasteiger partial charge in [-0.05, 0) is 75.2 Å². The lowest BCUT2D eigenvalue weighted by atomic mass is 10.1. The maximum atomic E-state index is 13.0. The lowest BCUT2D eigenvalue weighted by Gasteiger charge is -2.28. The number of carbonyl (C=O) groups is 1. The SMILES string of the molecule is CCOc1ccc(N(C(C)C(=O)NCc2ccccc2CN2CCCC2)S(C)(=O)=O)cc1. The number of hydrogen-bond donors (Lipinski definition) is 1. The quantitative estimate of drug-likeness (QED) is 0.591. The predicted molar refractivity (Wildman–Crippen MR) is 127 cm³/mol. The van der Waals surface area contributed by atoms with Crippen molar-refractivity contribution in [3.8, 4) is 5.75 Å². The van der Waals surface area contributed by atoms with E-state index >= 15 is 0 Å². The highest BCUT2D eigenvalue weighted by Gasteiger charge is 2.29. The van der Waals surface area contributed by atoms with Gasteiger partial charge in [0.15, 0.2) is 0 Å². The van der Waals surface area contributed by atoms with Crippen LogP contribution in [0.2, 0.25) is 0 Å². The summed E-state index contributed by atoms with van der Waals surface area (Å²) in [6.45, 7) is 7.42. The number of benzene rings is 2. The number of sulfonamides is 1. The first-order valence-electron chi connectivity index (χ1n) is 11.1. The van der Waals surface area contributed by atoms with Crippen molar-refractivity contribution in [2.75, 3.05) is 30.3 Å². The number of nitrogens with one attached hydrogen (secondary N) is 1. The largest absolute Gasteiger partial charge is 0.494 e. The minimum Gasteiger partial charge on any atom is -0.494 e. The highest BCUT2D eigenvalue weighted by molar-refractivity contribution is 7.92. The van der Waals surface area contributed by atoms with Crippen molar-refractivity contribution in [3.05, 3.63) is 59.7 Å². The molecule has 1 saturated heterocycles. The average Bonchev–Trinajstić information content (AvgIpc) is 3.26. The van der Waals surface area contributed by atoms with E-state index in [-0.39, 0.29) is 5.91 Å². The second-order valence-corrected chi connectivity index (χ2v) is 9.99. The summed E-state index contributed by atoms with van der Waals surface area (Å²) in [5, 5.41) is 2.93. The van der Waals surface area contributed by atoms with Crippen LogP contribution in [0.5, 0.6) is 5.75 Å². The molecule has 0 saturated carbocycles. The van der Waals surface area contributed by atoms with Crippen molar-refractivity contribution in [3.63, 3.8) is 0 Å². The second kappa shape index (κ2) is 10.8. The van der Waals surface area contributed by atoms with E-state index in [1.54, 1.807) is 31.2 Å². The number of likely N-dealkylation sites (tertiary alicyclic amines) is 1. The molecule has 1 aliphatic heterocycles. The fourth-order valence-electron chi connectivity index (χ4n) is 4.06. The van der Waals surface area contributed by atoms with Crippen molar-refractivity contribution in [2.24, 2.45) is 0 Å². The van der Waals surface area contributed by atoms with Crippen molar-refractivity contribution >= 4 is 21.6 Å². The summed E-state index contributed by atoms with van der Waals surface area (Å²) in [7, 11) is -3.67. The molecule has 174 valence electrons. The Labute approximate surface area is 191 Å². The number of anilines is 1. The van der Waals surface area contributed by atoms with Gasteiger partial charge in [0.05, 0.1) is 18.6 Å². The molecule has 1 fully saturated rings. The Morgan fingerprint density at radius 3 is 2.31 bits per heavy atom. The van der Waals surface area contributed by atoms with Gasteiger partial charge in [-0.25, -0.2) is 8.42 Å². The first-order valence-corrected chi connectivity index (χ1v) is 12.9. The fourth-order valence-corrected chi connectivity index (χ4v) is 5.24. The van der Waals surface area contributed by atoms with Gasteiger partial charge in [0.2, 0.25) is 15.9 Å². The molecule has 1 aliphatic rings. The summed E-state index contributed by atoms with van der Waals surface area (Å²) in [4.78, 5) is 15.4. The van der Waals surface area contributed by atoms with Crippen LogP contribution in [0, 0.1) is 0 Å². The molecule has 7 nitrogen and oxygen atoms in total. The van der Waals surface area contributed by atoms with Crippen LogP contribution in [0.1, 0.15) is 37.8 Å². The Morgan fingerprint density at radius 1 is 1.09 bits per heavy atom. The third kappa shape index (κ3) is 6.23. The van der Waals surface area contributed by atoms with Gasteiger partial charge in [-0.3, -0.25) is 14.0 Å². The summed E-state index contributed by atoms with van der Waals surface area (Å²) in [6, 6.07) is 13.9. The molecule has 1 heterocycles. The Balaban J connectivity index is 1.70. The van der Waals surface area contributed by atoms with Crippen molar-refractivity contribution in [2.45, 2.75) is 45.8 Å². The van der Waals surface area contributed by atoms with Crippen LogP contribution in [0.25, 0.3) is 0 Å². The summed E-state index contributed by atoms with van der Waals surface area (Å²) in [5.41, 5.74) is 2.66. The van der Waals surface area contributed by atoms with E-state index in [4.69, 9.17) is 4.74 Å². The number of nitrogens with zero attached hydrogens (tertiary/aromatic N) is 2. The molecule has 2 aromatic rings. The number of carbonyl (C=O) groups excluding carboxylic acids is 1. The average molecular weight is 460 g/mol. The topological polar surface area (TPSA) is 79.0 Å². The zero-order valence-electron chi connectivity index (χ0n) is 19.1. The number of hydrogen-bond acceptors (Lipinski definition) is 5. The molecule has 0 aliphatic carbocycles. The lowest BCUT2D eigenvalue weighted by molar-refractivity contribution is -0.122. The molecule has 1 unspecified atom stereocenters. The van der Waals surface area contributed by atoms with E-state index < -0.39 is 16.1 Å². The van der Waals surface area contributed by atoms with Crippen LogP contribution in [-0.2, 0) is 27.9 Å². The van der Waals surface area contributed by atoms with Crippen LogP contribution < -0.4 is 14.4 Å². The molecule has 1 amide bonds. The van der Waals surface area contributed by atoms with Crippen molar-refractivity contribution < 1.29 is 17.9 Å². The molecule has 0 bridgehead atoms. The number of amides is 1. The van der Waals surface area contributed by atoms with Gasteiger partial charge >= 0.3 is 0 Å². The van der Waals surface area contributed by atoms with Gasteiger partial charge in [0, 0.05) is 13.1 Å². The molecule has 8 heteroatoms. The molecule has 32 heavy (non-hydrogen) atoms. The molecular formula is C24H33N3O4S. The second-order valence-electron chi connectivity index (χ2n) is 8.13. The lowest BCUT2D eigenvalue weighted by Crippen LogP contribution is -2.47. The van der Waals surface area contributed by atoms with Gasteiger partial charge in [0.25, 0.3) is 0 Å².